The van der Waals surface area contributed by atoms with Crippen molar-refractivity contribution in [1.29, 1.82) is 0 Å². The molecule has 0 bridgehead atoms. The van der Waals surface area contributed by atoms with Crippen LogP contribution in [0.3, 0.4) is 0 Å². The van der Waals surface area contributed by atoms with E-state index in [1.165, 1.54) is 0 Å². The molecular weight excluding hydrogens is 232 g/mol. The third-order valence-corrected chi connectivity index (χ3v) is 3.27. The first-order valence-electron chi connectivity index (χ1n) is 6.36. The molecule has 0 atom stereocenters. The molecule has 1 aromatic heterocycles. The van der Waals surface area contributed by atoms with Crippen molar-refractivity contribution < 1.29 is 9.26 Å². The molecule has 0 aromatic carbocycles. The molecule has 0 unspecified atom stereocenters. The maximum absolute atomic E-state index is 5.92. The average molecular weight is 254 g/mol. The van der Waals surface area contributed by atoms with Crippen LogP contribution in [0.1, 0.15) is 38.4 Å². The Morgan fingerprint density at radius 3 is 2.61 bits per heavy atom. The smallest absolute Gasteiger partial charge is 0.240 e. The van der Waals surface area contributed by atoms with Crippen LogP contribution < -0.4 is 5.73 Å². The van der Waals surface area contributed by atoms with Crippen LogP contribution in [0, 0.1) is 0 Å². The fraction of sp³-hybridized carbons (Fsp3) is 0.833. The van der Waals surface area contributed by atoms with E-state index in [0.717, 1.165) is 25.9 Å². The number of hydrogen-bond donors (Lipinski definition) is 1. The first-order valence-corrected chi connectivity index (χ1v) is 6.36. The topological polar surface area (TPSA) is 77.4 Å². The molecule has 2 N–H and O–H groups in total. The number of piperidine rings is 1. The monoisotopic (exact) mass is 254 g/mol. The number of hydrogen-bond acceptors (Lipinski definition) is 6. The number of likely N-dealkylation sites (tertiary alicyclic amines) is 1. The van der Waals surface area contributed by atoms with Gasteiger partial charge in [0.2, 0.25) is 5.89 Å². The summed E-state index contributed by atoms with van der Waals surface area (Å²) in [7, 11) is 1.77. The highest BCUT2D eigenvalue weighted by molar-refractivity contribution is 4.99. The fourth-order valence-corrected chi connectivity index (χ4v) is 2.08. The largest absolute Gasteiger partial charge is 0.381 e. The predicted octanol–water partition coefficient (Wildman–Crippen LogP) is 0.874. The molecule has 18 heavy (non-hydrogen) atoms. The molecule has 6 nitrogen and oxygen atoms in total. The molecule has 1 fully saturated rings. The van der Waals surface area contributed by atoms with E-state index >= 15 is 0 Å². The fourth-order valence-electron chi connectivity index (χ4n) is 2.08. The standard InChI is InChI=1S/C12H22N4O2/c1-12(2,13)11-14-10(18-15-11)8-16-6-4-9(17-3)5-7-16/h9H,4-8,13H2,1-3H3. The lowest BCUT2D eigenvalue weighted by Gasteiger charge is -2.29. The van der Waals surface area contributed by atoms with Gasteiger partial charge in [0.15, 0.2) is 5.82 Å². The van der Waals surface area contributed by atoms with Crippen LogP contribution in [0.2, 0.25) is 0 Å². The minimum absolute atomic E-state index is 0.391. The van der Waals surface area contributed by atoms with Gasteiger partial charge in [0.1, 0.15) is 0 Å². The van der Waals surface area contributed by atoms with Crippen LogP contribution in [0.15, 0.2) is 4.52 Å². The summed E-state index contributed by atoms with van der Waals surface area (Å²) in [6.45, 7) is 6.43. The molecule has 0 saturated carbocycles. The number of nitrogens with two attached hydrogens (primary N) is 1. The number of ether oxygens (including phenoxy) is 1. The highest BCUT2D eigenvalue weighted by Gasteiger charge is 2.24. The summed E-state index contributed by atoms with van der Waals surface area (Å²) in [4.78, 5) is 6.64. The van der Waals surface area contributed by atoms with Crippen LogP contribution >= 0.6 is 0 Å². The second kappa shape index (κ2) is 5.34. The molecule has 1 aromatic rings. The van der Waals surface area contributed by atoms with E-state index in [9.17, 15) is 0 Å². The minimum Gasteiger partial charge on any atom is -0.381 e. The Balaban J connectivity index is 1.89. The van der Waals surface area contributed by atoms with Gasteiger partial charge >= 0.3 is 0 Å². The maximum Gasteiger partial charge on any atom is 0.240 e. The van der Waals surface area contributed by atoms with Crippen molar-refractivity contribution in [3.8, 4) is 0 Å². The molecule has 1 aliphatic rings. The minimum atomic E-state index is -0.551. The van der Waals surface area contributed by atoms with E-state index in [-0.39, 0.29) is 0 Å². The second-order valence-electron chi connectivity index (χ2n) is 5.44. The summed E-state index contributed by atoms with van der Waals surface area (Å²) in [6.07, 6.45) is 2.50. The summed E-state index contributed by atoms with van der Waals surface area (Å²) >= 11 is 0. The first-order chi connectivity index (χ1) is 8.49. The summed E-state index contributed by atoms with van der Waals surface area (Å²) < 4.78 is 10.6. The molecule has 6 heteroatoms. The molecule has 2 rings (SSSR count). The summed E-state index contributed by atoms with van der Waals surface area (Å²) in [5.41, 5.74) is 5.37. The number of aromatic nitrogens is 2. The molecule has 102 valence electrons. The van der Waals surface area contributed by atoms with Crippen molar-refractivity contribution >= 4 is 0 Å². The molecule has 0 spiro atoms. The number of methoxy groups -OCH3 is 1. The molecule has 2 heterocycles. The predicted molar refractivity (Wildman–Crippen MR) is 66.8 cm³/mol. The lowest BCUT2D eigenvalue weighted by Crippen LogP contribution is -2.36. The van der Waals surface area contributed by atoms with Gasteiger partial charge in [-0.2, -0.15) is 4.98 Å². The Morgan fingerprint density at radius 2 is 2.11 bits per heavy atom. The summed E-state index contributed by atoms with van der Waals surface area (Å²) in [6, 6.07) is 0. The van der Waals surface area contributed by atoms with Crippen LogP contribution in [-0.2, 0) is 16.8 Å². The van der Waals surface area contributed by atoms with E-state index in [2.05, 4.69) is 15.0 Å². The van der Waals surface area contributed by atoms with Gasteiger partial charge in [-0.05, 0) is 26.7 Å². The Labute approximate surface area is 107 Å². The lowest BCUT2D eigenvalue weighted by atomic mass is 10.1. The van der Waals surface area contributed by atoms with Crippen LogP contribution in [0.25, 0.3) is 0 Å². The van der Waals surface area contributed by atoms with E-state index in [0.29, 0.717) is 24.4 Å². The van der Waals surface area contributed by atoms with Gasteiger partial charge in [-0.3, -0.25) is 4.90 Å². The zero-order chi connectivity index (χ0) is 13.2. The Bertz CT molecular complexity index is 378. The van der Waals surface area contributed by atoms with Crippen molar-refractivity contribution in [3.63, 3.8) is 0 Å². The van der Waals surface area contributed by atoms with Crippen LogP contribution in [0.5, 0.6) is 0 Å². The van der Waals surface area contributed by atoms with Crippen molar-refractivity contribution in [3.05, 3.63) is 11.7 Å². The van der Waals surface area contributed by atoms with Gasteiger partial charge < -0.3 is 15.0 Å². The third kappa shape index (κ3) is 3.28. The number of rotatable bonds is 4. The summed E-state index contributed by atoms with van der Waals surface area (Å²) in [5.74, 6) is 1.20. The zero-order valence-corrected chi connectivity index (χ0v) is 11.3. The SMILES string of the molecule is COC1CCN(Cc2nc(C(C)(C)N)no2)CC1. The van der Waals surface area contributed by atoms with Gasteiger partial charge in [-0.25, -0.2) is 0 Å². The van der Waals surface area contributed by atoms with E-state index in [1.807, 2.05) is 13.8 Å². The second-order valence-corrected chi connectivity index (χ2v) is 5.44. The van der Waals surface area contributed by atoms with Crippen LogP contribution in [-0.4, -0.2) is 41.3 Å². The Hall–Kier alpha value is -0.980. The molecule has 1 aliphatic heterocycles. The van der Waals surface area contributed by atoms with E-state index < -0.39 is 5.54 Å². The third-order valence-electron chi connectivity index (χ3n) is 3.27. The van der Waals surface area contributed by atoms with E-state index in [1.54, 1.807) is 7.11 Å². The van der Waals surface area contributed by atoms with Crippen molar-refractivity contribution in [1.82, 2.24) is 15.0 Å². The highest BCUT2D eigenvalue weighted by atomic mass is 16.5. The Kier molecular flexibility index (Phi) is 3.99. The van der Waals surface area contributed by atoms with Gasteiger partial charge in [0, 0.05) is 20.2 Å². The number of nitrogens with zero attached hydrogens (tertiary/aromatic N) is 3. The van der Waals surface area contributed by atoms with Gasteiger partial charge in [0.05, 0.1) is 18.2 Å². The van der Waals surface area contributed by atoms with Gasteiger partial charge in [0.25, 0.3) is 0 Å². The van der Waals surface area contributed by atoms with Crippen LogP contribution in [0.4, 0.5) is 0 Å². The average Bonchev–Trinajstić information content (AvgIpc) is 2.78. The Morgan fingerprint density at radius 1 is 1.44 bits per heavy atom. The molecule has 1 saturated heterocycles. The van der Waals surface area contributed by atoms with Crippen molar-refractivity contribution in [2.45, 2.75) is 44.9 Å². The normalized spacial score (nSPS) is 19.3. The van der Waals surface area contributed by atoms with Crippen molar-refractivity contribution in [2.24, 2.45) is 5.73 Å². The lowest BCUT2D eigenvalue weighted by molar-refractivity contribution is 0.0359. The quantitative estimate of drug-likeness (QED) is 0.859. The van der Waals surface area contributed by atoms with E-state index in [4.69, 9.17) is 15.0 Å². The van der Waals surface area contributed by atoms with Gasteiger partial charge in [-0.1, -0.05) is 5.16 Å². The van der Waals surface area contributed by atoms with Crippen molar-refractivity contribution in [2.75, 3.05) is 20.2 Å². The molecular formula is C12H22N4O2. The molecule has 0 amide bonds. The van der Waals surface area contributed by atoms with Gasteiger partial charge in [-0.15, -0.1) is 0 Å². The maximum atomic E-state index is 5.92. The molecule has 0 radical (unpaired) electrons. The zero-order valence-electron chi connectivity index (χ0n) is 11.3. The summed E-state index contributed by atoms with van der Waals surface area (Å²) in [5, 5.41) is 3.92. The highest BCUT2D eigenvalue weighted by Crippen LogP contribution is 2.17. The molecule has 0 aliphatic carbocycles. The first kappa shape index (κ1) is 13.5.